The predicted molar refractivity (Wildman–Crippen MR) is 95.0 cm³/mol. The summed E-state index contributed by atoms with van der Waals surface area (Å²) in [7, 11) is 0. The molecule has 0 heterocycles. The van der Waals surface area contributed by atoms with Crippen LogP contribution < -0.4 is 0 Å². The zero-order valence-corrected chi connectivity index (χ0v) is 13.8. The number of allylic oxidation sites excluding steroid dienone is 1. The van der Waals surface area contributed by atoms with Crippen LogP contribution in [0.15, 0.2) is 49.6 Å². The molecule has 1 nitrogen and oxygen atoms in total. The SMILES string of the molecule is C=CCCCC1CCC(c2ccc(COCC=C)cc2)CC1. The number of benzene rings is 1. The average molecular weight is 298 g/mol. The van der Waals surface area contributed by atoms with E-state index in [2.05, 4.69) is 37.4 Å². The molecule has 0 amide bonds. The smallest absolute Gasteiger partial charge is 0.0721 e. The van der Waals surface area contributed by atoms with Gasteiger partial charge in [0, 0.05) is 0 Å². The molecule has 0 aromatic heterocycles. The van der Waals surface area contributed by atoms with Crippen LogP contribution in [0.2, 0.25) is 0 Å². The van der Waals surface area contributed by atoms with Crippen molar-refractivity contribution in [1.29, 1.82) is 0 Å². The molecule has 120 valence electrons. The van der Waals surface area contributed by atoms with Crippen molar-refractivity contribution in [3.05, 3.63) is 60.7 Å². The fourth-order valence-corrected chi connectivity index (χ4v) is 3.48. The van der Waals surface area contributed by atoms with E-state index < -0.39 is 0 Å². The second-order valence-electron chi connectivity index (χ2n) is 6.48. The van der Waals surface area contributed by atoms with Gasteiger partial charge in [0.1, 0.15) is 0 Å². The van der Waals surface area contributed by atoms with E-state index in [-0.39, 0.29) is 0 Å². The molecule has 0 spiro atoms. The summed E-state index contributed by atoms with van der Waals surface area (Å²) in [5.74, 6) is 1.71. The number of hydrogen-bond donors (Lipinski definition) is 0. The number of rotatable bonds is 9. The van der Waals surface area contributed by atoms with Gasteiger partial charge in [-0.25, -0.2) is 0 Å². The fraction of sp³-hybridized carbons (Fsp3) is 0.524. The van der Waals surface area contributed by atoms with Crippen molar-refractivity contribution in [2.75, 3.05) is 6.61 Å². The van der Waals surface area contributed by atoms with Crippen LogP contribution in [0.4, 0.5) is 0 Å². The van der Waals surface area contributed by atoms with Crippen LogP contribution in [-0.2, 0) is 11.3 Å². The Labute approximate surface area is 136 Å². The molecule has 1 aromatic rings. The lowest BCUT2D eigenvalue weighted by Crippen LogP contribution is -2.13. The summed E-state index contributed by atoms with van der Waals surface area (Å²) in [6, 6.07) is 9.04. The van der Waals surface area contributed by atoms with E-state index in [4.69, 9.17) is 4.74 Å². The van der Waals surface area contributed by atoms with Gasteiger partial charge in [0.2, 0.25) is 0 Å². The van der Waals surface area contributed by atoms with Crippen molar-refractivity contribution in [1.82, 2.24) is 0 Å². The highest BCUT2D eigenvalue weighted by molar-refractivity contribution is 5.25. The van der Waals surface area contributed by atoms with Crippen LogP contribution in [-0.4, -0.2) is 6.61 Å². The van der Waals surface area contributed by atoms with Crippen LogP contribution in [0.1, 0.15) is 62.0 Å². The molecular weight excluding hydrogens is 268 g/mol. The molecule has 1 fully saturated rings. The van der Waals surface area contributed by atoms with E-state index in [1.54, 1.807) is 6.08 Å². The summed E-state index contributed by atoms with van der Waals surface area (Å²) < 4.78 is 5.49. The van der Waals surface area contributed by atoms with Crippen molar-refractivity contribution in [3.63, 3.8) is 0 Å². The third-order valence-corrected chi connectivity index (χ3v) is 4.82. The lowest BCUT2D eigenvalue weighted by molar-refractivity contribution is 0.149. The fourth-order valence-electron chi connectivity index (χ4n) is 3.48. The minimum absolute atomic E-state index is 0.623. The number of unbranched alkanes of at least 4 members (excludes halogenated alkanes) is 1. The first kappa shape index (κ1) is 17.0. The molecule has 2 rings (SSSR count). The van der Waals surface area contributed by atoms with E-state index in [1.165, 1.54) is 56.1 Å². The van der Waals surface area contributed by atoms with Crippen LogP contribution in [0.25, 0.3) is 0 Å². The Hall–Kier alpha value is -1.34. The molecule has 0 saturated heterocycles. The lowest BCUT2D eigenvalue weighted by atomic mass is 9.77. The molecule has 0 N–H and O–H groups in total. The summed E-state index contributed by atoms with van der Waals surface area (Å²) in [5, 5.41) is 0. The predicted octanol–water partition coefficient (Wildman–Crippen LogP) is 6.02. The Kier molecular flexibility index (Phi) is 7.45. The summed E-state index contributed by atoms with van der Waals surface area (Å²) in [6.07, 6.45) is 13.2. The van der Waals surface area contributed by atoms with E-state index in [9.17, 15) is 0 Å². The van der Waals surface area contributed by atoms with Crippen molar-refractivity contribution >= 4 is 0 Å². The Morgan fingerprint density at radius 1 is 1.00 bits per heavy atom. The Balaban J connectivity index is 1.76. The second kappa shape index (κ2) is 9.63. The van der Waals surface area contributed by atoms with Gasteiger partial charge in [-0.3, -0.25) is 0 Å². The van der Waals surface area contributed by atoms with Crippen LogP contribution in [0.3, 0.4) is 0 Å². The van der Waals surface area contributed by atoms with E-state index in [0.717, 1.165) is 11.8 Å². The molecule has 1 saturated carbocycles. The van der Waals surface area contributed by atoms with Gasteiger partial charge in [0.15, 0.2) is 0 Å². The third kappa shape index (κ3) is 5.46. The summed E-state index contributed by atoms with van der Waals surface area (Å²) >= 11 is 0. The van der Waals surface area contributed by atoms with E-state index >= 15 is 0 Å². The van der Waals surface area contributed by atoms with Crippen molar-refractivity contribution in [2.45, 2.75) is 57.5 Å². The summed E-state index contributed by atoms with van der Waals surface area (Å²) in [6.45, 7) is 8.78. The van der Waals surface area contributed by atoms with Gasteiger partial charge in [0.25, 0.3) is 0 Å². The first-order valence-electron chi connectivity index (χ1n) is 8.72. The quantitative estimate of drug-likeness (QED) is 0.400. The van der Waals surface area contributed by atoms with E-state index in [1.807, 2.05) is 6.08 Å². The lowest BCUT2D eigenvalue weighted by Gasteiger charge is -2.29. The summed E-state index contributed by atoms with van der Waals surface area (Å²) in [5.41, 5.74) is 2.76. The van der Waals surface area contributed by atoms with Gasteiger partial charge in [-0.05, 0) is 61.5 Å². The second-order valence-corrected chi connectivity index (χ2v) is 6.48. The topological polar surface area (TPSA) is 9.23 Å². The monoisotopic (exact) mass is 298 g/mol. The van der Waals surface area contributed by atoms with Crippen molar-refractivity contribution in [2.24, 2.45) is 5.92 Å². The first-order chi connectivity index (χ1) is 10.8. The third-order valence-electron chi connectivity index (χ3n) is 4.82. The van der Waals surface area contributed by atoms with Crippen LogP contribution >= 0.6 is 0 Å². The maximum absolute atomic E-state index is 5.49. The molecule has 0 unspecified atom stereocenters. The molecular formula is C21H30O. The maximum atomic E-state index is 5.49. The van der Waals surface area contributed by atoms with Crippen LogP contribution in [0, 0.1) is 5.92 Å². The number of ether oxygens (including phenoxy) is 1. The van der Waals surface area contributed by atoms with Gasteiger partial charge in [-0.2, -0.15) is 0 Å². The maximum Gasteiger partial charge on any atom is 0.0721 e. The van der Waals surface area contributed by atoms with Crippen molar-refractivity contribution < 1.29 is 4.74 Å². The molecule has 0 aliphatic heterocycles. The molecule has 0 bridgehead atoms. The summed E-state index contributed by atoms with van der Waals surface area (Å²) in [4.78, 5) is 0. The first-order valence-corrected chi connectivity index (χ1v) is 8.72. The van der Waals surface area contributed by atoms with E-state index in [0.29, 0.717) is 13.2 Å². The zero-order valence-electron chi connectivity index (χ0n) is 13.8. The zero-order chi connectivity index (χ0) is 15.6. The standard InChI is InChI=1S/C21H30O/c1-3-5-6-7-18-8-12-20(13-9-18)21-14-10-19(11-15-21)17-22-16-4-2/h3-4,10-11,14-15,18,20H,1-2,5-9,12-13,16-17H2. The molecule has 0 atom stereocenters. The van der Waals surface area contributed by atoms with Gasteiger partial charge in [-0.15, -0.1) is 13.2 Å². The molecule has 1 heteroatoms. The van der Waals surface area contributed by atoms with Crippen molar-refractivity contribution in [3.8, 4) is 0 Å². The van der Waals surface area contributed by atoms with Crippen LogP contribution in [0.5, 0.6) is 0 Å². The number of hydrogen-bond acceptors (Lipinski definition) is 1. The molecule has 22 heavy (non-hydrogen) atoms. The van der Waals surface area contributed by atoms with Gasteiger partial charge in [-0.1, -0.05) is 42.8 Å². The van der Waals surface area contributed by atoms with Gasteiger partial charge in [0.05, 0.1) is 13.2 Å². The Morgan fingerprint density at radius 3 is 2.36 bits per heavy atom. The molecule has 1 aliphatic carbocycles. The highest BCUT2D eigenvalue weighted by atomic mass is 16.5. The largest absolute Gasteiger partial charge is 0.373 e. The van der Waals surface area contributed by atoms with Gasteiger partial charge >= 0.3 is 0 Å². The average Bonchev–Trinajstić information content (AvgIpc) is 2.57. The molecule has 1 aromatic carbocycles. The molecule has 1 aliphatic rings. The minimum Gasteiger partial charge on any atom is -0.373 e. The Morgan fingerprint density at radius 2 is 1.73 bits per heavy atom. The molecule has 0 radical (unpaired) electrons. The normalized spacial score (nSPS) is 21.5. The Bertz CT molecular complexity index is 437. The highest BCUT2D eigenvalue weighted by Gasteiger charge is 2.21. The highest BCUT2D eigenvalue weighted by Crippen LogP contribution is 2.37. The van der Waals surface area contributed by atoms with Gasteiger partial charge < -0.3 is 4.74 Å². The minimum atomic E-state index is 0.623.